The fourth-order valence-corrected chi connectivity index (χ4v) is 9.72. The number of hydrogen-bond acceptors (Lipinski definition) is 1. The SMILES string of the molecule is C=C(/C=C\C)c1ccccc1.CC.CN(C1=CC=C=C=C1)c1ccc(C2=CCC(c3ccc4c(c3)c3c5ccccc5c5c(c3n4-c3cccc(C4=CCCC=C4)c3)CCC=C5)C=C2)cc1. The maximum Gasteiger partial charge on any atom is 0.0585 e. The van der Waals surface area contributed by atoms with Crippen LogP contribution in [0, 0.1) is 0 Å². The number of benzene rings is 6. The zero-order valence-electron chi connectivity index (χ0n) is 38.8. The van der Waals surface area contributed by atoms with E-state index in [1.165, 1.54) is 82.8 Å². The van der Waals surface area contributed by atoms with Gasteiger partial charge >= 0.3 is 0 Å². The number of allylic oxidation sites excluding steroid dienone is 15. The second kappa shape index (κ2) is 20.1. The molecule has 0 amide bonds. The van der Waals surface area contributed by atoms with Gasteiger partial charge in [-0.15, -0.1) is 0 Å². The third-order valence-electron chi connectivity index (χ3n) is 13.0. The van der Waals surface area contributed by atoms with Gasteiger partial charge in [-0.2, -0.15) is 0 Å². The molecule has 1 heterocycles. The average Bonchev–Trinajstić information content (AvgIpc) is 3.75. The van der Waals surface area contributed by atoms with E-state index in [1.54, 1.807) is 0 Å². The van der Waals surface area contributed by atoms with Crippen molar-refractivity contribution in [3.05, 3.63) is 251 Å². The third kappa shape index (κ3) is 8.78. The lowest BCUT2D eigenvalue weighted by molar-refractivity contribution is 0.858. The van der Waals surface area contributed by atoms with Gasteiger partial charge in [0.15, 0.2) is 0 Å². The molecule has 0 saturated carbocycles. The van der Waals surface area contributed by atoms with Crippen molar-refractivity contribution in [3.8, 4) is 5.69 Å². The molecule has 0 bridgehead atoms. The van der Waals surface area contributed by atoms with Crippen LogP contribution >= 0.6 is 0 Å². The molecule has 11 rings (SSSR count). The monoisotopic (exact) mass is 854 g/mol. The van der Waals surface area contributed by atoms with Crippen molar-refractivity contribution in [2.45, 2.75) is 58.8 Å². The van der Waals surface area contributed by atoms with Gasteiger partial charge in [-0.05, 0) is 148 Å². The van der Waals surface area contributed by atoms with Crippen LogP contribution in [0.25, 0.3) is 61.1 Å². The average molecular weight is 855 g/mol. The maximum absolute atomic E-state index is 3.93. The summed E-state index contributed by atoms with van der Waals surface area (Å²) in [6, 6.07) is 44.5. The van der Waals surface area contributed by atoms with Crippen molar-refractivity contribution in [1.82, 2.24) is 4.57 Å². The molecular weight excluding hydrogens is 797 g/mol. The Morgan fingerprint density at radius 1 is 0.727 bits per heavy atom. The van der Waals surface area contributed by atoms with Gasteiger partial charge in [-0.3, -0.25) is 0 Å². The van der Waals surface area contributed by atoms with Gasteiger partial charge in [0.05, 0.1) is 11.0 Å². The quantitative estimate of drug-likeness (QED) is 0.109. The largest absolute Gasteiger partial charge is 0.344 e. The molecule has 66 heavy (non-hydrogen) atoms. The molecule has 0 N–H and O–H groups in total. The Labute approximate surface area is 391 Å². The Morgan fingerprint density at radius 2 is 1.52 bits per heavy atom. The van der Waals surface area contributed by atoms with Crippen molar-refractivity contribution in [2.24, 2.45) is 0 Å². The Balaban J connectivity index is 0.000000369. The number of hydrogen-bond donors (Lipinski definition) is 0. The van der Waals surface area contributed by atoms with Gasteiger partial charge in [0, 0.05) is 46.9 Å². The van der Waals surface area contributed by atoms with Crippen LogP contribution in [-0.2, 0) is 6.42 Å². The predicted octanol–water partition coefficient (Wildman–Crippen LogP) is 17.3. The van der Waals surface area contributed by atoms with Gasteiger partial charge in [0.1, 0.15) is 0 Å². The van der Waals surface area contributed by atoms with Gasteiger partial charge < -0.3 is 9.47 Å². The zero-order valence-corrected chi connectivity index (χ0v) is 38.8. The highest BCUT2D eigenvalue weighted by Gasteiger charge is 2.24. The summed E-state index contributed by atoms with van der Waals surface area (Å²) in [5.74, 6) is 0.318. The highest BCUT2D eigenvalue weighted by atomic mass is 15.1. The normalized spacial score (nSPS) is 15.8. The van der Waals surface area contributed by atoms with E-state index >= 15 is 0 Å². The number of rotatable bonds is 8. The summed E-state index contributed by atoms with van der Waals surface area (Å²) in [6.45, 7) is 9.92. The molecular formula is C64H58N2. The summed E-state index contributed by atoms with van der Waals surface area (Å²) in [5, 5.41) is 5.40. The van der Waals surface area contributed by atoms with Crippen LogP contribution in [0.4, 0.5) is 5.69 Å². The number of likely N-dealkylation sites (N-methyl/N-ethyl adjacent to an activating group) is 1. The van der Waals surface area contributed by atoms with E-state index in [-0.39, 0.29) is 0 Å². The molecule has 0 fully saturated rings. The van der Waals surface area contributed by atoms with E-state index in [1.807, 2.05) is 63.3 Å². The highest BCUT2D eigenvalue weighted by Crippen LogP contribution is 2.45. The zero-order chi connectivity index (χ0) is 45.4. The minimum atomic E-state index is 0.318. The molecule has 2 nitrogen and oxygen atoms in total. The first-order chi connectivity index (χ1) is 32.6. The Hall–Kier alpha value is -7.60. The van der Waals surface area contributed by atoms with Crippen molar-refractivity contribution in [3.63, 3.8) is 0 Å². The van der Waals surface area contributed by atoms with E-state index in [0.29, 0.717) is 5.92 Å². The maximum atomic E-state index is 3.93. The molecule has 7 aromatic rings. The van der Waals surface area contributed by atoms with Crippen LogP contribution in [0.15, 0.2) is 218 Å². The fourth-order valence-electron chi connectivity index (χ4n) is 9.72. The van der Waals surface area contributed by atoms with Crippen molar-refractivity contribution >= 4 is 61.1 Å². The van der Waals surface area contributed by atoms with E-state index in [9.17, 15) is 0 Å². The van der Waals surface area contributed by atoms with E-state index in [0.717, 1.165) is 49.1 Å². The van der Waals surface area contributed by atoms with Crippen LogP contribution < -0.4 is 4.90 Å². The molecule has 324 valence electrons. The van der Waals surface area contributed by atoms with Crippen LogP contribution in [0.2, 0.25) is 0 Å². The fraction of sp³-hybridized carbons (Fsp3) is 0.156. The number of fused-ring (bicyclic) bond motifs is 8. The lowest BCUT2D eigenvalue weighted by Crippen LogP contribution is -2.14. The van der Waals surface area contributed by atoms with E-state index in [4.69, 9.17) is 0 Å². The van der Waals surface area contributed by atoms with E-state index in [2.05, 4.69) is 192 Å². The minimum absolute atomic E-state index is 0.318. The number of nitrogens with zero attached hydrogens (tertiary/aromatic N) is 2. The number of aromatic nitrogens is 1. The lowest BCUT2D eigenvalue weighted by Gasteiger charge is -2.21. The molecule has 6 aromatic carbocycles. The molecule has 0 spiro atoms. The van der Waals surface area contributed by atoms with Crippen LogP contribution in [-0.4, -0.2) is 11.6 Å². The molecule has 1 aromatic heterocycles. The first kappa shape index (κ1) is 43.6. The highest BCUT2D eigenvalue weighted by molar-refractivity contribution is 6.24. The van der Waals surface area contributed by atoms with Crippen LogP contribution in [0.5, 0.6) is 0 Å². The molecule has 4 aliphatic carbocycles. The van der Waals surface area contributed by atoms with Gasteiger partial charge in [-0.25, -0.2) is 0 Å². The van der Waals surface area contributed by atoms with Gasteiger partial charge in [-0.1, -0.05) is 178 Å². The summed E-state index contributed by atoms with van der Waals surface area (Å²) in [5.41, 5.74) is 23.7. The third-order valence-corrected chi connectivity index (χ3v) is 13.0. The van der Waals surface area contributed by atoms with Crippen LogP contribution in [0.3, 0.4) is 0 Å². The summed E-state index contributed by atoms with van der Waals surface area (Å²) in [7, 11) is 2.09. The molecule has 0 saturated heterocycles. The summed E-state index contributed by atoms with van der Waals surface area (Å²) in [4.78, 5) is 2.18. The second-order valence-corrected chi connectivity index (χ2v) is 17.0. The summed E-state index contributed by atoms with van der Waals surface area (Å²) in [6.07, 6.45) is 34.1. The molecule has 0 aliphatic heterocycles. The van der Waals surface area contributed by atoms with Crippen molar-refractivity contribution in [1.29, 1.82) is 0 Å². The first-order valence-corrected chi connectivity index (χ1v) is 23.7. The van der Waals surface area contributed by atoms with Gasteiger partial charge in [0.25, 0.3) is 0 Å². The lowest BCUT2D eigenvalue weighted by atomic mass is 9.86. The van der Waals surface area contributed by atoms with Crippen LogP contribution in [0.1, 0.15) is 85.8 Å². The predicted molar refractivity (Wildman–Crippen MR) is 287 cm³/mol. The molecule has 1 atom stereocenters. The van der Waals surface area contributed by atoms with Crippen molar-refractivity contribution < 1.29 is 0 Å². The Morgan fingerprint density at radius 3 is 2.26 bits per heavy atom. The summed E-state index contributed by atoms with van der Waals surface area (Å²) < 4.78 is 2.57. The molecule has 1 unspecified atom stereocenters. The van der Waals surface area contributed by atoms with E-state index < -0.39 is 0 Å². The smallest absolute Gasteiger partial charge is 0.0585 e. The number of aryl methyl sites for hydroxylation is 1. The molecule has 2 heteroatoms. The number of anilines is 1. The van der Waals surface area contributed by atoms with Crippen molar-refractivity contribution in [2.75, 3.05) is 11.9 Å². The minimum Gasteiger partial charge on any atom is -0.344 e. The topological polar surface area (TPSA) is 8.17 Å². The Kier molecular flexibility index (Phi) is 13.3. The Bertz CT molecular complexity index is 3280. The van der Waals surface area contributed by atoms with Gasteiger partial charge in [0.2, 0.25) is 0 Å². The summed E-state index contributed by atoms with van der Waals surface area (Å²) >= 11 is 0. The first-order valence-electron chi connectivity index (χ1n) is 23.7. The second-order valence-electron chi connectivity index (χ2n) is 17.0. The molecule has 4 aliphatic rings. The standard InChI is InChI=1S/C51H40N2.C11H12.C2H6/c1-52(41-16-6-3-7-17-41)42-30-27-37(28-31-42)36-23-25-38(26-24-36)40-29-32-49-48(34-40)50-46-21-10-8-19-44(46)45-20-9-11-22-47(45)51(50)53(49)43-18-12-15-39(33-43)35-13-4-2-5-14-35;1-3-7-10(2)11-8-5-4-6-9-11;1-2/h4,6,8-10,12-21,23-25,27-34,38H,2,5,11,22,26H2,1H3;3-9H,2H2,1H3;1-2H3/b;7-3-;. The molecule has 0 radical (unpaired) electrons.